The number of carbonyl (C=O) groups excluding carboxylic acids is 1. The lowest BCUT2D eigenvalue weighted by atomic mass is 9.85. The minimum absolute atomic E-state index is 0. The standard InChI is InChI=1S/C18H24F2N2O3.ClH/c1-24-18(7-9-21-10-8-18)16(23)22-15-4-2-3-12-11-13(25-17(19)20)5-6-14(12)15;/h5-6,11,15,17,21H,2-4,7-10H2,1H3,(H,22,23);1H. The van der Waals surface area contributed by atoms with Crippen LogP contribution >= 0.6 is 12.4 Å². The number of piperidine rings is 1. The summed E-state index contributed by atoms with van der Waals surface area (Å²) >= 11 is 0. The van der Waals surface area contributed by atoms with Crippen LogP contribution in [0.3, 0.4) is 0 Å². The number of carbonyl (C=O) groups is 1. The Morgan fingerprint density at radius 3 is 2.73 bits per heavy atom. The lowest BCUT2D eigenvalue weighted by molar-refractivity contribution is -0.147. The average molecular weight is 391 g/mol. The monoisotopic (exact) mass is 390 g/mol. The number of halogens is 3. The highest BCUT2D eigenvalue weighted by Crippen LogP contribution is 2.34. The minimum Gasteiger partial charge on any atom is -0.435 e. The van der Waals surface area contributed by atoms with Crippen LogP contribution in [0.2, 0.25) is 0 Å². The summed E-state index contributed by atoms with van der Waals surface area (Å²) in [6.45, 7) is -1.34. The van der Waals surface area contributed by atoms with E-state index in [0.717, 1.165) is 43.5 Å². The van der Waals surface area contributed by atoms with E-state index in [4.69, 9.17) is 4.74 Å². The molecule has 0 radical (unpaired) electrons. The van der Waals surface area contributed by atoms with Gasteiger partial charge in [-0.3, -0.25) is 4.79 Å². The molecule has 2 aliphatic rings. The van der Waals surface area contributed by atoms with E-state index in [1.807, 2.05) is 0 Å². The summed E-state index contributed by atoms with van der Waals surface area (Å²) in [6, 6.07) is 4.83. The number of ether oxygens (including phenoxy) is 2. The second-order valence-corrected chi connectivity index (χ2v) is 6.61. The molecule has 3 rings (SSSR count). The van der Waals surface area contributed by atoms with Gasteiger partial charge in [0.1, 0.15) is 11.4 Å². The van der Waals surface area contributed by atoms with E-state index in [1.54, 1.807) is 19.2 Å². The summed E-state index contributed by atoms with van der Waals surface area (Å²) in [4.78, 5) is 12.9. The van der Waals surface area contributed by atoms with Gasteiger partial charge in [-0.15, -0.1) is 12.4 Å². The lowest BCUT2D eigenvalue weighted by Crippen LogP contribution is -2.54. The molecular weight excluding hydrogens is 366 g/mol. The molecule has 1 aromatic rings. The van der Waals surface area contributed by atoms with Gasteiger partial charge in [0.25, 0.3) is 5.91 Å². The van der Waals surface area contributed by atoms with Crippen molar-refractivity contribution in [2.24, 2.45) is 0 Å². The number of rotatable bonds is 5. The van der Waals surface area contributed by atoms with Gasteiger partial charge < -0.3 is 20.1 Å². The van der Waals surface area contributed by atoms with E-state index in [9.17, 15) is 13.6 Å². The van der Waals surface area contributed by atoms with Gasteiger partial charge in [-0.1, -0.05) is 6.07 Å². The van der Waals surface area contributed by atoms with Crippen molar-refractivity contribution in [3.63, 3.8) is 0 Å². The molecule has 1 heterocycles. The fourth-order valence-corrected chi connectivity index (χ4v) is 3.76. The molecule has 1 fully saturated rings. The van der Waals surface area contributed by atoms with Crippen LogP contribution in [0.15, 0.2) is 18.2 Å². The molecule has 8 heteroatoms. The number of nitrogens with one attached hydrogen (secondary N) is 2. The van der Waals surface area contributed by atoms with E-state index in [2.05, 4.69) is 15.4 Å². The van der Waals surface area contributed by atoms with Crippen LogP contribution in [0, 0.1) is 0 Å². The zero-order valence-corrected chi connectivity index (χ0v) is 15.5. The number of alkyl halides is 2. The fraction of sp³-hybridized carbons (Fsp3) is 0.611. The fourth-order valence-electron chi connectivity index (χ4n) is 3.76. The molecule has 0 spiro atoms. The Bertz CT molecular complexity index is 624. The first-order valence-electron chi connectivity index (χ1n) is 8.68. The van der Waals surface area contributed by atoms with Crippen molar-refractivity contribution < 1.29 is 23.0 Å². The van der Waals surface area contributed by atoms with Crippen LogP contribution in [0.5, 0.6) is 5.75 Å². The number of hydrogen-bond donors (Lipinski definition) is 2. The Labute approximate surface area is 158 Å². The molecule has 26 heavy (non-hydrogen) atoms. The predicted octanol–water partition coefficient (Wildman–Crippen LogP) is 2.97. The number of benzene rings is 1. The third-order valence-electron chi connectivity index (χ3n) is 5.18. The molecule has 1 amide bonds. The number of aryl methyl sites for hydroxylation is 1. The molecule has 1 aliphatic carbocycles. The zero-order chi connectivity index (χ0) is 17.9. The van der Waals surface area contributed by atoms with E-state index in [1.165, 1.54) is 6.07 Å². The SMILES string of the molecule is COC1(C(=O)NC2CCCc3cc(OC(F)F)ccc32)CCNCC1.Cl. The number of hydrogen-bond acceptors (Lipinski definition) is 4. The van der Waals surface area contributed by atoms with Crippen LogP contribution in [0.4, 0.5) is 8.78 Å². The van der Waals surface area contributed by atoms with Gasteiger partial charge in [-0.05, 0) is 68.5 Å². The molecule has 1 aromatic carbocycles. The number of amides is 1. The molecule has 0 saturated carbocycles. The van der Waals surface area contributed by atoms with E-state index in [-0.39, 0.29) is 30.1 Å². The Morgan fingerprint density at radius 1 is 1.35 bits per heavy atom. The molecule has 1 aliphatic heterocycles. The molecule has 2 N–H and O–H groups in total. The maximum absolute atomic E-state index is 12.9. The number of fused-ring (bicyclic) bond motifs is 1. The molecular formula is C18H25ClF2N2O3. The van der Waals surface area contributed by atoms with Crippen molar-refractivity contribution in [3.8, 4) is 5.75 Å². The van der Waals surface area contributed by atoms with Crippen LogP contribution < -0.4 is 15.4 Å². The Morgan fingerprint density at radius 2 is 2.08 bits per heavy atom. The normalized spacial score (nSPS) is 21.5. The van der Waals surface area contributed by atoms with Crippen LogP contribution in [-0.2, 0) is 16.0 Å². The Balaban J connectivity index is 0.00000243. The summed E-state index contributed by atoms with van der Waals surface area (Å²) in [6.07, 6.45) is 3.77. The first-order valence-corrected chi connectivity index (χ1v) is 8.68. The van der Waals surface area contributed by atoms with Crippen molar-refractivity contribution in [3.05, 3.63) is 29.3 Å². The van der Waals surface area contributed by atoms with Gasteiger partial charge >= 0.3 is 6.61 Å². The van der Waals surface area contributed by atoms with Crippen molar-refractivity contribution in [1.82, 2.24) is 10.6 Å². The third-order valence-corrected chi connectivity index (χ3v) is 5.18. The van der Waals surface area contributed by atoms with Crippen molar-refractivity contribution in [2.75, 3.05) is 20.2 Å². The molecule has 0 bridgehead atoms. The maximum Gasteiger partial charge on any atom is 0.387 e. The summed E-state index contributed by atoms with van der Waals surface area (Å²) in [5.74, 6) is 0.0645. The average Bonchev–Trinajstić information content (AvgIpc) is 2.61. The van der Waals surface area contributed by atoms with Crippen LogP contribution in [0.1, 0.15) is 42.9 Å². The first-order chi connectivity index (χ1) is 12.0. The third kappa shape index (κ3) is 4.45. The summed E-state index contributed by atoms with van der Waals surface area (Å²) in [5.41, 5.74) is 1.13. The van der Waals surface area contributed by atoms with Gasteiger partial charge in [-0.25, -0.2) is 0 Å². The van der Waals surface area contributed by atoms with Gasteiger partial charge in [0.15, 0.2) is 0 Å². The minimum atomic E-state index is -2.83. The van der Waals surface area contributed by atoms with Gasteiger partial charge in [-0.2, -0.15) is 8.78 Å². The Kier molecular flexibility index (Phi) is 7.20. The molecule has 5 nitrogen and oxygen atoms in total. The highest BCUT2D eigenvalue weighted by molar-refractivity contribution is 5.86. The van der Waals surface area contributed by atoms with Gasteiger partial charge in [0.05, 0.1) is 6.04 Å². The molecule has 1 unspecified atom stereocenters. The number of methoxy groups -OCH3 is 1. The molecule has 146 valence electrons. The van der Waals surface area contributed by atoms with Crippen LogP contribution in [-0.4, -0.2) is 38.3 Å². The van der Waals surface area contributed by atoms with Crippen molar-refractivity contribution in [1.29, 1.82) is 0 Å². The Hall–Kier alpha value is -1.44. The largest absolute Gasteiger partial charge is 0.435 e. The quantitative estimate of drug-likeness (QED) is 0.811. The zero-order valence-electron chi connectivity index (χ0n) is 14.7. The van der Waals surface area contributed by atoms with E-state index >= 15 is 0 Å². The highest BCUT2D eigenvalue weighted by Gasteiger charge is 2.41. The smallest absolute Gasteiger partial charge is 0.387 e. The first kappa shape index (κ1) is 20.9. The topological polar surface area (TPSA) is 59.6 Å². The summed E-state index contributed by atoms with van der Waals surface area (Å²) in [7, 11) is 1.58. The lowest BCUT2D eigenvalue weighted by Gasteiger charge is -2.37. The van der Waals surface area contributed by atoms with Crippen LogP contribution in [0.25, 0.3) is 0 Å². The molecule has 1 saturated heterocycles. The second-order valence-electron chi connectivity index (χ2n) is 6.61. The second kappa shape index (κ2) is 8.97. The predicted molar refractivity (Wildman–Crippen MR) is 96.0 cm³/mol. The summed E-state index contributed by atoms with van der Waals surface area (Å²) < 4.78 is 34.8. The molecule has 1 atom stereocenters. The van der Waals surface area contributed by atoms with Crippen molar-refractivity contribution >= 4 is 18.3 Å². The van der Waals surface area contributed by atoms with E-state index < -0.39 is 12.2 Å². The van der Waals surface area contributed by atoms with Gasteiger partial charge in [0, 0.05) is 7.11 Å². The van der Waals surface area contributed by atoms with E-state index in [0.29, 0.717) is 12.8 Å². The van der Waals surface area contributed by atoms with Crippen molar-refractivity contribution in [2.45, 2.75) is 50.4 Å². The van der Waals surface area contributed by atoms with Gasteiger partial charge in [0.2, 0.25) is 0 Å². The molecule has 0 aromatic heterocycles. The maximum atomic E-state index is 12.9. The summed E-state index contributed by atoms with van der Waals surface area (Å²) in [5, 5.41) is 6.35. The highest BCUT2D eigenvalue weighted by atomic mass is 35.5.